The van der Waals surface area contributed by atoms with Crippen molar-refractivity contribution in [3.8, 4) is 11.6 Å². The zero-order valence-electron chi connectivity index (χ0n) is 12.3. The van der Waals surface area contributed by atoms with Crippen molar-refractivity contribution in [2.75, 3.05) is 13.2 Å². The van der Waals surface area contributed by atoms with Crippen molar-refractivity contribution in [3.05, 3.63) is 60.9 Å². The van der Waals surface area contributed by atoms with Gasteiger partial charge in [0.1, 0.15) is 36.4 Å². The number of rotatable bonds is 5. The fourth-order valence-corrected chi connectivity index (χ4v) is 2.42. The monoisotopic (exact) mass is 306 g/mol. The number of nitrogens with zero attached hydrogens (tertiary/aromatic N) is 2. The molecule has 0 saturated heterocycles. The maximum absolute atomic E-state index is 5.81. The van der Waals surface area contributed by atoms with Crippen molar-refractivity contribution in [3.63, 3.8) is 0 Å². The summed E-state index contributed by atoms with van der Waals surface area (Å²) in [4.78, 5) is 8.45. The Hall–Kier alpha value is -3.08. The van der Waals surface area contributed by atoms with E-state index in [2.05, 4.69) is 9.97 Å². The highest BCUT2D eigenvalue weighted by atomic mass is 16.5. The SMILES string of the molecule is c1ccc(OCCOc2ncnc3c2oc2ccccc23)cc1. The molecule has 0 unspecified atom stereocenters. The van der Waals surface area contributed by atoms with E-state index in [1.807, 2.05) is 54.6 Å². The van der Waals surface area contributed by atoms with Crippen molar-refractivity contribution in [2.24, 2.45) is 0 Å². The Kier molecular flexibility index (Phi) is 3.52. The summed E-state index contributed by atoms with van der Waals surface area (Å²) in [5, 5.41) is 0.954. The Labute approximate surface area is 132 Å². The van der Waals surface area contributed by atoms with E-state index >= 15 is 0 Å². The third-order valence-electron chi connectivity index (χ3n) is 3.46. The molecule has 2 heterocycles. The molecule has 0 spiro atoms. The molecule has 0 bridgehead atoms. The van der Waals surface area contributed by atoms with Crippen LogP contribution >= 0.6 is 0 Å². The van der Waals surface area contributed by atoms with Gasteiger partial charge in [0.25, 0.3) is 5.88 Å². The molecular formula is C18H14N2O3. The van der Waals surface area contributed by atoms with E-state index in [0.717, 1.165) is 22.2 Å². The topological polar surface area (TPSA) is 57.4 Å². The van der Waals surface area contributed by atoms with Crippen molar-refractivity contribution >= 4 is 22.1 Å². The van der Waals surface area contributed by atoms with Gasteiger partial charge in [-0.2, -0.15) is 4.98 Å². The van der Waals surface area contributed by atoms with Gasteiger partial charge in [0.05, 0.1) is 0 Å². The first-order valence-corrected chi connectivity index (χ1v) is 7.35. The molecule has 0 aliphatic heterocycles. The van der Waals surface area contributed by atoms with Crippen molar-refractivity contribution in [1.29, 1.82) is 0 Å². The number of fused-ring (bicyclic) bond motifs is 3. The van der Waals surface area contributed by atoms with Gasteiger partial charge < -0.3 is 13.9 Å². The highest BCUT2D eigenvalue weighted by molar-refractivity contribution is 6.03. The quantitative estimate of drug-likeness (QED) is 0.524. The summed E-state index contributed by atoms with van der Waals surface area (Å²) < 4.78 is 17.1. The van der Waals surface area contributed by atoms with Gasteiger partial charge in [-0.3, -0.25) is 0 Å². The van der Waals surface area contributed by atoms with Gasteiger partial charge >= 0.3 is 0 Å². The standard InChI is InChI=1S/C18H14N2O3/c1-2-6-13(7-3-1)21-10-11-22-18-17-16(19-12-20-18)14-8-4-5-9-15(14)23-17/h1-9,12H,10-11H2. The van der Waals surface area contributed by atoms with Gasteiger partial charge in [0.15, 0.2) is 0 Å². The third kappa shape index (κ3) is 2.68. The van der Waals surface area contributed by atoms with Crippen LogP contribution in [0.2, 0.25) is 0 Å². The number of ether oxygens (including phenoxy) is 2. The lowest BCUT2D eigenvalue weighted by atomic mass is 10.2. The molecule has 114 valence electrons. The van der Waals surface area contributed by atoms with Crippen molar-refractivity contribution < 1.29 is 13.9 Å². The van der Waals surface area contributed by atoms with Gasteiger partial charge in [-0.1, -0.05) is 30.3 Å². The van der Waals surface area contributed by atoms with Gasteiger partial charge in [-0.25, -0.2) is 4.98 Å². The second-order valence-electron chi connectivity index (χ2n) is 4.96. The second-order valence-corrected chi connectivity index (χ2v) is 4.96. The van der Waals surface area contributed by atoms with E-state index in [9.17, 15) is 0 Å². The molecule has 0 N–H and O–H groups in total. The first-order chi connectivity index (χ1) is 11.4. The van der Waals surface area contributed by atoms with Crippen LogP contribution in [0.4, 0.5) is 0 Å². The van der Waals surface area contributed by atoms with E-state index in [-0.39, 0.29) is 0 Å². The van der Waals surface area contributed by atoms with Crippen LogP contribution in [0.1, 0.15) is 0 Å². The van der Waals surface area contributed by atoms with Crippen LogP contribution in [0.25, 0.3) is 22.1 Å². The minimum Gasteiger partial charge on any atom is -0.490 e. The summed E-state index contributed by atoms with van der Waals surface area (Å²) in [7, 11) is 0. The number of benzene rings is 2. The lowest BCUT2D eigenvalue weighted by Gasteiger charge is -2.07. The molecule has 5 nitrogen and oxygen atoms in total. The Balaban J connectivity index is 1.50. The molecule has 23 heavy (non-hydrogen) atoms. The number of hydrogen-bond donors (Lipinski definition) is 0. The van der Waals surface area contributed by atoms with Crippen LogP contribution in [0, 0.1) is 0 Å². The Morgan fingerprint density at radius 2 is 1.61 bits per heavy atom. The lowest BCUT2D eigenvalue weighted by molar-refractivity contribution is 0.212. The predicted octanol–water partition coefficient (Wildman–Crippen LogP) is 3.83. The third-order valence-corrected chi connectivity index (χ3v) is 3.46. The Bertz CT molecular complexity index is 935. The van der Waals surface area contributed by atoms with Crippen LogP contribution in [-0.4, -0.2) is 23.2 Å². The zero-order chi connectivity index (χ0) is 15.5. The number of para-hydroxylation sites is 2. The summed E-state index contributed by atoms with van der Waals surface area (Å²) in [5.41, 5.74) is 2.09. The van der Waals surface area contributed by atoms with E-state index in [0.29, 0.717) is 24.7 Å². The van der Waals surface area contributed by atoms with Crippen LogP contribution in [-0.2, 0) is 0 Å². The van der Waals surface area contributed by atoms with Crippen LogP contribution in [0.3, 0.4) is 0 Å². The lowest BCUT2D eigenvalue weighted by Crippen LogP contribution is -2.09. The van der Waals surface area contributed by atoms with E-state index in [1.165, 1.54) is 6.33 Å². The molecule has 0 amide bonds. The fraction of sp³-hybridized carbons (Fsp3) is 0.111. The minimum absolute atomic E-state index is 0.373. The van der Waals surface area contributed by atoms with E-state index in [1.54, 1.807) is 0 Å². The van der Waals surface area contributed by atoms with Gasteiger partial charge in [-0.05, 0) is 24.3 Å². The number of hydrogen-bond acceptors (Lipinski definition) is 5. The minimum atomic E-state index is 0.373. The molecular weight excluding hydrogens is 292 g/mol. The number of furan rings is 1. The molecule has 0 aliphatic carbocycles. The van der Waals surface area contributed by atoms with E-state index in [4.69, 9.17) is 13.9 Å². The molecule has 0 atom stereocenters. The average Bonchev–Trinajstić information content (AvgIpc) is 2.99. The second kappa shape index (κ2) is 5.96. The summed E-state index contributed by atoms with van der Waals surface area (Å²) >= 11 is 0. The maximum Gasteiger partial charge on any atom is 0.261 e. The van der Waals surface area contributed by atoms with Crippen LogP contribution in [0.5, 0.6) is 11.6 Å². The summed E-state index contributed by atoms with van der Waals surface area (Å²) in [5.74, 6) is 1.25. The highest BCUT2D eigenvalue weighted by Crippen LogP contribution is 2.31. The first-order valence-electron chi connectivity index (χ1n) is 7.35. The van der Waals surface area contributed by atoms with Crippen LogP contribution in [0.15, 0.2) is 65.3 Å². The molecule has 0 radical (unpaired) electrons. The van der Waals surface area contributed by atoms with Crippen molar-refractivity contribution in [2.45, 2.75) is 0 Å². The zero-order valence-corrected chi connectivity index (χ0v) is 12.3. The Morgan fingerprint density at radius 1 is 0.826 bits per heavy atom. The fourth-order valence-electron chi connectivity index (χ4n) is 2.42. The predicted molar refractivity (Wildman–Crippen MR) is 86.7 cm³/mol. The van der Waals surface area contributed by atoms with Gasteiger partial charge in [-0.15, -0.1) is 0 Å². The number of aromatic nitrogens is 2. The van der Waals surface area contributed by atoms with Crippen LogP contribution < -0.4 is 9.47 Å². The molecule has 0 aliphatic rings. The molecule has 5 heteroatoms. The Morgan fingerprint density at radius 3 is 2.52 bits per heavy atom. The maximum atomic E-state index is 5.81. The molecule has 2 aromatic carbocycles. The summed E-state index contributed by atoms with van der Waals surface area (Å²) in [6.45, 7) is 0.799. The first kappa shape index (κ1) is 13.6. The molecule has 0 saturated carbocycles. The van der Waals surface area contributed by atoms with E-state index < -0.39 is 0 Å². The molecule has 0 fully saturated rings. The summed E-state index contributed by atoms with van der Waals surface area (Å²) in [6.07, 6.45) is 1.48. The van der Waals surface area contributed by atoms with Gasteiger partial charge in [0.2, 0.25) is 5.58 Å². The highest BCUT2D eigenvalue weighted by Gasteiger charge is 2.13. The smallest absolute Gasteiger partial charge is 0.261 e. The summed E-state index contributed by atoms with van der Waals surface area (Å²) in [6, 6.07) is 17.4. The van der Waals surface area contributed by atoms with Crippen molar-refractivity contribution in [1.82, 2.24) is 9.97 Å². The largest absolute Gasteiger partial charge is 0.490 e. The average molecular weight is 306 g/mol. The molecule has 2 aromatic heterocycles. The molecule has 4 aromatic rings. The molecule has 4 rings (SSSR count). The normalized spacial score (nSPS) is 11.0. The van der Waals surface area contributed by atoms with Gasteiger partial charge in [0, 0.05) is 5.39 Å².